The lowest BCUT2D eigenvalue weighted by atomic mass is 9.65. The molecule has 20 heavy (non-hydrogen) atoms. The lowest BCUT2D eigenvalue weighted by Gasteiger charge is -2.54. The van der Waals surface area contributed by atoms with Crippen LogP contribution in [0.2, 0.25) is 0 Å². The van der Waals surface area contributed by atoms with E-state index in [4.69, 9.17) is 10.5 Å². The van der Waals surface area contributed by atoms with Gasteiger partial charge in [-0.3, -0.25) is 4.90 Å². The molecule has 0 aromatic carbocycles. The van der Waals surface area contributed by atoms with Gasteiger partial charge in [-0.1, -0.05) is 12.8 Å². The summed E-state index contributed by atoms with van der Waals surface area (Å²) in [5.74, 6) is 0. The molecule has 2 N–H and O–H groups in total. The van der Waals surface area contributed by atoms with Crippen molar-refractivity contribution in [2.75, 3.05) is 26.2 Å². The molecule has 116 valence electrons. The van der Waals surface area contributed by atoms with E-state index in [1.54, 1.807) is 0 Å². The van der Waals surface area contributed by atoms with E-state index in [9.17, 15) is 0 Å². The average molecular weight is 280 g/mol. The Morgan fingerprint density at radius 1 is 1.00 bits per heavy atom. The third-order valence-corrected chi connectivity index (χ3v) is 6.38. The zero-order valence-corrected chi connectivity index (χ0v) is 13.4. The van der Waals surface area contributed by atoms with Crippen LogP contribution in [0.25, 0.3) is 0 Å². The minimum atomic E-state index is -0.0110. The van der Waals surface area contributed by atoms with Crippen molar-refractivity contribution in [2.45, 2.75) is 76.4 Å². The SMILES string of the molecule is CC1(C)CN(C2(CN)CCC3(CCCC3)CC2)CCO1. The summed E-state index contributed by atoms with van der Waals surface area (Å²) >= 11 is 0. The highest BCUT2D eigenvalue weighted by Gasteiger charge is 2.47. The van der Waals surface area contributed by atoms with Crippen LogP contribution in [-0.4, -0.2) is 42.3 Å². The molecule has 1 saturated heterocycles. The molecule has 0 amide bonds. The van der Waals surface area contributed by atoms with E-state index < -0.39 is 0 Å². The largest absolute Gasteiger partial charge is 0.373 e. The summed E-state index contributed by atoms with van der Waals surface area (Å²) in [6.45, 7) is 8.21. The molecule has 3 nitrogen and oxygen atoms in total. The Morgan fingerprint density at radius 3 is 2.20 bits per heavy atom. The van der Waals surface area contributed by atoms with Crippen LogP contribution in [-0.2, 0) is 4.74 Å². The lowest BCUT2D eigenvalue weighted by Crippen LogP contribution is -2.63. The van der Waals surface area contributed by atoms with Gasteiger partial charge in [0.25, 0.3) is 0 Å². The molecule has 3 fully saturated rings. The lowest BCUT2D eigenvalue weighted by molar-refractivity contribution is -0.126. The van der Waals surface area contributed by atoms with Gasteiger partial charge in [0.05, 0.1) is 12.2 Å². The van der Waals surface area contributed by atoms with Crippen LogP contribution in [0.5, 0.6) is 0 Å². The molecule has 1 spiro atoms. The summed E-state index contributed by atoms with van der Waals surface area (Å²) < 4.78 is 5.89. The van der Waals surface area contributed by atoms with Crippen LogP contribution in [0.15, 0.2) is 0 Å². The van der Waals surface area contributed by atoms with E-state index in [-0.39, 0.29) is 11.1 Å². The standard InChI is InChI=1S/C17H32N2O/c1-15(2)14-19(11-12-20-15)17(13-18)9-7-16(8-10-17)5-3-4-6-16/h3-14,18H2,1-2H3. The van der Waals surface area contributed by atoms with Gasteiger partial charge in [-0.25, -0.2) is 0 Å². The highest BCUT2D eigenvalue weighted by Crippen LogP contribution is 2.52. The van der Waals surface area contributed by atoms with Gasteiger partial charge < -0.3 is 10.5 Å². The molecule has 2 aliphatic carbocycles. The predicted octanol–water partition coefficient (Wildman–Crippen LogP) is 2.93. The Kier molecular flexibility index (Phi) is 3.89. The van der Waals surface area contributed by atoms with Gasteiger partial charge in [0, 0.05) is 25.2 Å². The normalized spacial score (nSPS) is 32.5. The average Bonchev–Trinajstić information content (AvgIpc) is 2.88. The van der Waals surface area contributed by atoms with Crippen LogP contribution in [0.3, 0.4) is 0 Å². The second kappa shape index (κ2) is 5.26. The van der Waals surface area contributed by atoms with Crippen molar-refractivity contribution in [3.63, 3.8) is 0 Å². The summed E-state index contributed by atoms with van der Waals surface area (Å²) in [6, 6.07) is 0. The smallest absolute Gasteiger partial charge is 0.0753 e. The molecule has 2 saturated carbocycles. The second-order valence-corrected chi connectivity index (χ2v) is 8.17. The maximum Gasteiger partial charge on any atom is 0.0753 e. The molecule has 0 bridgehead atoms. The number of ether oxygens (including phenoxy) is 1. The zero-order valence-electron chi connectivity index (χ0n) is 13.4. The molecule has 3 aliphatic rings. The van der Waals surface area contributed by atoms with E-state index in [2.05, 4.69) is 18.7 Å². The quantitative estimate of drug-likeness (QED) is 0.845. The van der Waals surface area contributed by atoms with Gasteiger partial charge in [0.15, 0.2) is 0 Å². The number of nitrogens with two attached hydrogens (primary N) is 1. The van der Waals surface area contributed by atoms with E-state index in [1.807, 2.05) is 0 Å². The fourth-order valence-corrected chi connectivity index (χ4v) is 4.94. The van der Waals surface area contributed by atoms with Crippen molar-refractivity contribution < 1.29 is 4.74 Å². The van der Waals surface area contributed by atoms with Gasteiger partial charge in [-0.05, 0) is 57.8 Å². The summed E-state index contributed by atoms with van der Waals surface area (Å²) in [6.07, 6.45) is 11.3. The van der Waals surface area contributed by atoms with Crippen LogP contribution < -0.4 is 5.73 Å². The number of hydrogen-bond donors (Lipinski definition) is 1. The molecule has 0 radical (unpaired) electrons. The molecule has 3 heteroatoms. The highest BCUT2D eigenvalue weighted by molar-refractivity contribution is 5.03. The van der Waals surface area contributed by atoms with Gasteiger partial charge in [0.1, 0.15) is 0 Å². The first-order chi connectivity index (χ1) is 9.49. The third kappa shape index (κ3) is 2.65. The van der Waals surface area contributed by atoms with E-state index in [0.29, 0.717) is 5.41 Å². The van der Waals surface area contributed by atoms with Crippen molar-refractivity contribution >= 4 is 0 Å². The van der Waals surface area contributed by atoms with E-state index in [1.165, 1.54) is 51.4 Å². The molecule has 0 aromatic rings. The van der Waals surface area contributed by atoms with Crippen LogP contribution in [0.1, 0.15) is 65.2 Å². The summed E-state index contributed by atoms with van der Waals surface area (Å²) in [4.78, 5) is 2.66. The first-order valence-electron chi connectivity index (χ1n) is 8.59. The number of morpholine rings is 1. The molecular formula is C17H32N2O. The van der Waals surface area contributed by atoms with Gasteiger partial charge in [-0.15, -0.1) is 0 Å². The monoisotopic (exact) mass is 280 g/mol. The molecule has 3 rings (SSSR count). The van der Waals surface area contributed by atoms with Gasteiger partial charge in [-0.2, -0.15) is 0 Å². The Balaban J connectivity index is 1.69. The molecule has 1 aliphatic heterocycles. The second-order valence-electron chi connectivity index (χ2n) is 8.17. The van der Waals surface area contributed by atoms with Crippen molar-refractivity contribution in [1.29, 1.82) is 0 Å². The maximum absolute atomic E-state index is 6.26. The molecular weight excluding hydrogens is 248 g/mol. The molecule has 1 heterocycles. The zero-order chi connectivity index (χ0) is 14.3. The summed E-state index contributed by atoms with van der Waals surface area (Å²) in [5.41, 5.74) is 7.21. The number of rotatable bonds is 2. The Bertz CT molecular complexity index is 337. The van der Waals surface area contributed by atoms with Crippen molar-refractivity contribution in [3.8, 4) is 0 Å². The third-order valence-electron chi connectivity index (χ3n) is 6.38. The van der Waals surface area contributed by atoms with Crippen LogP contribution >= 0.6 is 0 Å². The summed E-state index contributed by atoms with van der Waals surface area (Å²) in [5, 5.41) is 0. The number of nitrogens with zero attached hydrogens (tertiary/aromatic N) is 1. The van der Waals surface area contributed by atoms with Crippen LogP contribution in [0, 0.1) is 5.41 Å². The minimum absolute atomic E-state index is 0.0110. The highest BCUT2D eigenvalue weighted by atomic mass is 16.5. The Labute approximate surface area is 124 Å². The fourth-order valence-electron chi connectivity index (χ4n) is 4.94. The Hall–Kier alpha value is -0.120. The maximum atomic E-state index is 6.26. The van der Waals surface area contributed by atoms with Crippen LogP contribution in [0.4, 0.5) is 0 Å². The molecule has 0 unspecified atom stereocenters. The Morgan fingerprint density at radius 2 is 1.65 bits per heavy atom. The van der Waals surface area contributed by atoms with Gasteiger partial charge >= 0.3 is 0 Å². The van der Waals surface area contributed by atoms with Crippen molar-refractivity contribution in [1.82, 2.24) is 4.90 Å². The topological polar surface area (TPSA) is 38.5 Å². The van der Waals surface area contributed by atoms with Gasteiger partial charge in [0.2, 0.25) is 0 Å². The predicted molar refractivity (Wildman–Crippen MR) is 82.8 cm³/mol. The van der Waals surface area contributed by atoms with E-state index in [0.717, 1.165) is 26.2 Å². The summed E-state index contributed by atoms with van der Waals surface area (Å²) in [7, 11) is 0. The molecule has 0 aromatic heterocycles. The first-order valence-corrected chi connectivity index (χ1v) is 8.59. The number of hydrogen-bond acceptors (Lipinski definition) is 3. The first kappa shape index (κ1) is 14.8. The van der Waals surface area contributed by atoms with Crippen molar-refractivity contribution in [3.05, 3.63) is 0 Å². The van der Waals surface area contributed by atoms with Crippen molar-refractivity contribution in [2.24, 2.45) is 11.1 Å². The molecule has 0 atom stereocenters. The fraction of sp³-hybridized carbons (Fsp3) is 1.00. The van der Waals surface area contributed by atoms with E-state index >= 15 is 0 Å². The minimum Gasteiger partial charge on any atom is -0.373 e.